The fourth-order valence-corrected chi connectivity index (χ4v) is 10.4. The molecule has 0 spiro atoms. The molecule has 1 aliphatic rings. The van der Waals surface area contributed by atoms with Gasteiger partial charge in [-0.15, -0.1) is 0 Å². The molecule has 0 aromatic heterocycles. The monoisotopic (exact) mass is 483 g/mol. The molecule has 1 fully saturated rings. The summed E-state index contributed by atoms with van der Waals surface area (Å²) in [5.74, 6) is -0.138. The molecule has 0 N–H and O–H groups in total. The van der Waals surface area contributed by atoms with Gasteiger partial charge in [-0.05, 0) is 16.6 Å². The topological polar surface area (TPSA) is 46.6 Å². The highest BCUT2D eigenvalue weighted by molar-refractivity contribution is 9.12. The van der Waals surface area contributed by atoms with Crippen LogP contribution in [0.4, 0.5) is 0 Å². The minimum absolute atomic E-state index is 0.0123. The van der Waals surface area contributed by atoms with E-state index in [1.165, 1.54) is 4.90 Å². The summed E-state index contributed by atoms with van der Waals surface area (Å²) in [4.78, 5) is 25.0. The van der Waals surface area contributed by atoms with E-state index < -0.39 is 8.32 Å². The van der Waals surface area contributed by atoms with E-state index in [4.69, 9.17) is 4.43 Å². The quantitative estimate of drug-likeness (QED) is 0.267. The van der Waals surface area contributed by atoms with Crippen LogP contribution in [-0.4, -0.2) is 47.8 Å². The Hall–Kier alpha value is 0.277. The van der Waals surface area contributed by atoms with Crippen LogP contribution in [0.15, 0.2) is 0 Å². The summed E-state index contributed by atoms with van der Waals surface area (Å²) in [5, 5.41) is 0. The van der Waals surface area contributed by atoms with Gasteiger partial charge < -0.3 is 4.43 Å². The fourth-order valence-electron chi connectivity index (χ4n) is 3.94. The lowest BCUT2D eigenvalue weighted by Crippen LogP contribution is -2.49. The van der Waals surface area contributed by atoms with E-state index in [0.717, 1.165) is 0 Å². The van der Waals surface area contributed by atoms with E-state index in [-0.39, 0.29) is 21.5 Å². The molecular weight excluding hydrogens is 454 g/mol. The van der Waals surface area contributed by atoms with Gasteiger partial charge in [0.2, 0.25) is 11.8 Å². The maximum absolute atomic E-state index is 11.8. The molecule has 4 nitrogen and oxygen atoms in total. The van der Waals surface area contributed by atoms with Crippen LogP contribution in [0.5, 0.6) is 0 Å². The second kappa shape index (κ2) is 9.28. The first kappa shape index (κ1) is 22.3. The van der Waals surface area contributed by atoms with Crippen molar-refractivity contribution in [2.75, 3.05) is 13.2 Å². The molecule has 1 rings (SSSR count). The summed E-state index contributed by atoms with van der Waals surface area (Å²) in [7, 11) is -1.91. The summed E-state index contributed by atoms with van der Waals surface area (Å²) < 4.78 is 6.59. The number of amides is 2. The van der Waals surface area contributed by atoms with E-state index >= 15 is 0 Å². The van der Waals surface area contributed by atoms with Gasteiger partial charge in [0.1, 0.15) is 0 Å². The van der Waals surface area contributed by atoms with E-state index in [9.17, 15) is 9.59 Å². The van der Waals surface area contributed by atoms with Crippen molar-refractivity contribution in [3.8, 4) is 0 Å². The molecule has 0 aliphatic carbocycles. The number of likely N-dealkylation sites (tertiary alicyclic amines) is 1. The zero-order valence-electron chi connectivity index (χ0n) is 15.6. The number of carbonyl (C=O) groups is 2. The van der Waals surface area contributed by atoms with Gasteiger partial charge in [-0.2, -0.15) is 0 Å². The zero-order chi connectivity index (χ0) is 18.7. The lowest BCUT2D eigenvalue weighted by molar-refractivity contribution is -0.138. The van der Waals surface area contributed by atoms with Crippen LogP contribution in [0.1, 0.15) is 54.4 Å². The predicted octanol–water partition coefficient (Wildman–Crippen LogP) is 4.85. The standard InChI is InChI=1S/C17H31Br2NO3Si/c1-11(2)24(12(3)4,13(5)6)23-10-15(19)14(18)9-20-16(21)7-8-17(20)22/h11-15H,7-10H2,1-6H3/t14-,15+/m0/s1. The maximum atomic E-state index is 11.8. The summed E-state index contributed by atoms with van der Waals surface area (Å²) >= 11 is 7.32. The van der Waals surface area contributed by atoms with Gasteiger partial charge in [-0.1, -0.05) is 73.4 Å². The Morgan fingerprint density at radius 1 is 0.917 bits per heavy atom. The third-order valence-corrected chi connectivity index (χ3v) is 13.7. The molecule has 0 bridgehead atoms. The molecule has 2 amide bonds. The molecule has 0 aromatic rings. The molecular formula is C17H31Br2NO3Si. The Morgan fingerprint density at radius 3 is 1.71 bits per heavy atom. The van der Waals surface area contributed by atoms with E-state index in [1.54, 1.807) is 0 Å². The molecule has 0 unspecified atom stereocenters. The third kappa shape index (κ3) is 4.92. The van der Waals surface area contributed by atoms with Gasteiger partial charge in [0.15, 0.2) is 8.32 Å². The highest BCUT2D eigenvalue weighted by atomic mass is 79.9. The molecule has 0 radical (unpaired) electrons. The molecule has 0 saturated carbocycles. The number of hydrogen-bond acceptors (Lipinski definition) is 3. The minimum Gasteiger partial charge on any atom is -0.415 e. The van der Waals surface area contributed by atoms with Gasteiger partial charge in [0.25, 0.3) is 0 Å². The Bertz CT molecular complexity index is 419. The Morgan fingerprint density at radius 2 is 1.33 bits per heavy atom. The number of nitrogens with zero attached hydrogens (tertiary/aromatic N) is 1. The van der Waals surface area contributed by atoms with Crippen molar-refractivity contribution in [2.45, 2.75) is 80.7 Å². The molecule has 0 aromatic carbocycles. The van der Waals surface area contributed by atoms with Gasteiger partial charge >= 0.3 is 0 Å². The number of rotatable bonds is 9. The van der Waals surface area contributed by atoms with Crippen molar-refractivity contribution >= 4 is 52.0 Å². The first-order valence-electron chi connectivity index (χ1n) is 8.79. The lowest BCUT2D eigenvalue weighted by Gasteiger charge is -2.43. The summed E-state index contributed by atoms with van der Waals surface area (Å²) in [5.41, 5.74) is 1.60. The smallest absolute Gasteiger partial charge is 0.229 e. The average Bonchev–Trinajstić information content (AvgIpc) is 2.78. The maximum Gasteiger partial charge on any atom is 0.229 e. The van der Waals surface area contributed by atoms with E-state index in [1.807, 2.05) is 0 Å². The normalized spacial score (nSPS) is 19.0. The van der Waals surface area contributed by atoms with Crippen LogP contribution < -0.4 is 0 Å². The Labute approximate surface area is 164 Å². The number of imide groups is 1. The third-order valence-electron chi connectivity index (χ3n) is 5.10. The van der Waals surface area contributed by atoms with Gasteiger partial charge in [-0.3, -0.25) is 14.5 Å². The molecule has 1 heterocycles. The van der Waals surface area contributed by atoms with Crippen molar-refractivity contribution in [3.63, 3.8) is 0 Å². The second-order valence-corrected chi connectivity index (χ2v) is 15.4. The Balaban J connectivity index is 2.70. The van der Waals surface area contributed by atoms with Crippen molar-refractivity contribution in [2.24, 2.45) is 0 Å². The molecule has 1 aliphatic heterocycles. The van der Waals surface area contributed by atoms with Crippen molar-refractivity contribution in [1.29, 1.82) is 0 Å². The number of halogens is 2. The summed E-state index contributed by atoms with van der Waals surface area (Å²) in [6, 6.07) is 0. The van der Waals surface area contributed by atoms with E-state index in [0.29, 0.717) is 42.6 Å². The van der Waals surface area contributed by atoms with Crippen LogP contribution in [0.3, 0.4) is 0 Å². The summed E-state index contributed by atoms with van der Waals surface area (Å²) in [6.07, 6.45) is 0.679. The predicted molar refractivity (Wildman–Crippen MR) is 108 cm³/mol. The second-order valence-electron chi connectivity index (χ2n) is 7.56. The van der Waals surface area contributed by atoms with Gasteiger partial charge in [0.05, 0.1) is 4.83 Å². The number of hydrogen-bond donors (Lipinski definition) is 0. The van der Waals surface area contributed by atoms with Crippen LogP contribution in [0, 0.1) is 0 Å². The minimum atomic E-state index is -1.91. The van der Waals surface area contributed by atoms with E-state index in [2.05, 4.69) is 73.4 Å². The number of carbonyl (C=O) groups excluding carboxylic acids is 2. The van der Waals surface area contributed by atoms with Crippen LogP contribution in [0.2, 0.25) is 16.6 Å². The molecule has 7 heteroatoms. The molecule has 140 valence electrons. The van der Waals surface area contributed by atoms with Crippen molar-refractivity contribution in [3.05, 3.63) is 0 Å². The first-order valence-corrected chi connectivity index (χ1v) is 12.8. The molecule has 24 heavy (non-hydrogen) atoms. The average molecular weight is 485 g/mol. The molecule has 1 saturated heterocycles. The number of alkyl halides is 2. The fraction of sp³-hybridized carbons (Fsp3) is 0.882. The van der Waals surface area contributed by atoms with Crippen molar-refractivity contribution < 1.29 is 14.0 Å². The first-order chi connectivity index (χ1) is 11.0. The largest absolute Gasteiger partial charge is 0.415 e. The lowest BCUT2D eigenvalue weighted by atomic mass is 10.3. The molecule has 2 atom stereocenters. The Kier molecular flexibility index (Phi) is 8.63. The highest BCUT2D eigenvalue weighted by Gasteiger charge is 2.45. The van der Waals surface area contributed by atoms with Crippen LogP contribution in [-0.2, 0) is 14.0 Å². The zero-order valence-corrected chi connectivity index (χ0v) is 19.8. The van der Waals surface area contributed by atoms with Gasteiger partial charge in [-0.25, -0.2) is 0 Å². The highest BCUT2D eigenvalue weighted by Crippen LogP contribution is 2.42. The van der Waals surface area contributed by atoms with Crippen molar-refractivity contribution in [1.82, 2.24) is 4.90 Å². The van der Waals surface area contributed by atoms with Crippen LogP contribution in [0.25, 0.3) is 0 Å². The van der Waals surface area contributed by atoms with Gasteiger partial charge in [0, 0.05) is 30.8 Å². The van der Waals surface area contributed by atoms with Crippen LogP contribution >= 0.6 is 31.9 Å². The summed E-state index contributed by atoms with van der Waals surface area (Å²) in [6.45, 7) is 14.6. The SMILES string of the molecule is CC(C)[Si](OC[C@@H](Br)[C@@H](Br)CN1C(=O)CCC1=O)(C(C)C)C(C)C.